The quantitative estimate of drug-likeness (QED) is 0.224. The van der Waals surface area contributed by atoms with Crippen molar-refractivity contribution >= 4 is 0 Å². The van der Waals surface area contributed by atoms with Crippen LogP contribution in [0, 0.1) is 0 Å². The fraction of sp³-hybridized carbons (Fsp3) is 0.379. The summed E-state index contributed by atoms with van der Waals surface area (Å²) in [5, 5.41) is 0. The minimum absolute atomic E-state index is 0.382. The topological polar surface area (TPSA) is 81.4 Å². The molecule has 2 N–H and O–H groups in total. The number of nitrogens with two attached hydrogens (primary N) is 1. The normalized spacial score (nSPS) is 11.4. The van der Waals surface area contributed by atoms with Gasteiger partial charge in [-0.3, -0.25) is 0 Å². The highest BCUT2D eigenvalue weighted by molar-refractivity contribution is 5.49. The summed E-state index contributed by atoms with van der Waals surface area (Å²) < 4.78 is 34.1. The largest absolute Gasteiger partial charge is 0.497 e. The van der Waals surface area contributed by atoms with E-state index in [4.69, 9.17) is 34.2 Å². The van der Waals surface area contributed by atoms with Crippen molar-refractivity contribution in [2.24, 2.45) is 5.73 Å². The molecule has 0 fully saturated rings. The first-order chi connectivity index (χ1) is 17.7. The molecule has 0 aliphatic heterocycles. The molecule has 7 heteroatoms. The maximum atomic E-state index is 6.73. The Kier molecular flexibility index (Phi) is 11.7. The van der Waals surface area contributed by atoms with Gasteiger partial charge in [-0.25, -0.2) is 0 Å². The fourth-order valence-corrected chi connectivity index (χ4v) is 3.95. The minimum atomic E-state index is -0.847. The van der Waals surface area contributed by atoms with Crippen molar-refractivity contribution in [1.82, 2.24) is 0 Å². The predicted octanol–water partition coefficient (Wildman–Crippen LogP) is 4.02. The number of rotatable bonds is 17. The van der Waals surface area contributed by atoms with Gasteiger partial charge < -0.3 is 34.2 Å². The van der Waals surface area contributed by atoms with E-state index in [-0.39, 0.29) is 0 Å². The molecular weight excluding hydrogens is 458 g/mol. The molecule has 3 aromatic rings. The van der Waals surface area contributed by atoms with E-state index >= 15 is 0 Å². The smallest absolute Gasteiger partial charge is 0.143 e. The molecule has 0 spiro atoms. The minimum Gasteiger partial charge on any atom is -0.497 e. The molecule has 3 aromatic carbocycles. The molecule has 0 saturated heterocycles. The maximum absolute atomic E-state index is 6.73. The molecule has 0 aliphatic rings. The molecule has 0 heterocycles. The average molecular weight is 496 g/mol. The summed E-state index contributed by atoms with van der Waals surface area (Å²) in [6.45, 7) is 3.88. The lowest BCUT2D eigenvalue weighted by atomic mass is 9.80. The number of benzene rings is 3. The monoisotopic (exact) mass is 495 g/mol. The van der Waals surface area contributed by atoms with Crippen molar-refractivity contribution < 1.29 is 28.4 Å². The Hall–Kier alpha value is -2.94. The fourth-order valence-electron chi connectivity index (χ4n) is 3.95. The second kappa shape index (κ2) is 15.2. The lowest BCUT2D eigenvalue weighted by Gasteiger charge is -2.36. The molecule has 0 aliphatic carbocycles. The molecule has 0 amide bonds. The van der Waals surface area contributed by atoms with Crippen LogP contribution in [0.25, 0.3) is 0 Å². The van der Waals surface area contributed by atoms with E-state index in [1.54, 1.807) is 14.2 Å². The molecule has 0 radical (unpaired) electrons. The van der Waals surface area contributed by atoms with Crippen LogP contribution < -0.4 is 15.2 Å². The van der Waals surface area contributed by atoms with Gasteiger partial charge in [0.15, 0.2) is 0 Å². The highest BCUT2D eigenvalue weighted by atomic mass is 16.6. The van der Waals surface area contributed by atoms with Crippen LogP contribution in [0.3, 0.4) is 0 Å². The van der Waals surface area contributed by atoms with Crippen LogP contribution in [-0.2, 0) is 24.5 Å². The van der Waals surface area contributed by atoms with Crippen LogP contribution >= 0.6 is 0 Å². The van der Waals surface area contributed by atoms with Gasteiger partial charge in [-0.05, 0) is 41.0 Å². The lowest BCUT2D eigenvalue weighted by Crippen LogP contribution is -2.34. The Morgan fingerprint density at radius 2 is 0.944 bits per heavy atom. The molecule has 0 unspecified atom stereocenters. The second-order valence-corrected chi connectivity index (χ2v) is 7.98. The first-order valence-corrected chi connectivity index (χ1v) is 12.2. The van der Waals surface area contributed by atoms with Crippen LogP contribution in [0.4, 0.5) is 0 Å². The van der Waals surface area contributed by atoms with Gasteiger partial charge in [-0.1, -0.05) is 54.6 Å². The van der Waals surface area contributed by atoms with Crippen LogP contribution in [0.2, 0.25) is 0 Å². The molecule has 7 nitrogen and oxygen atoms in total. The van der Waals surface area contributed by atoms with Gasteiger partial charge >= 0.3 is 0 Å². The van der Waals surface area contributed by atoms with Gasteiger partial charge in [0.25, 0.3) is 0 Å². The Labute approximate surface area is 214 Å². The summed E-state index contributed by atoms with van der Waals surface area (Å²) in [5.41, 5.74) is 7.54. The van der Waals surface area contributed by atoms with Crippen molar-refractivity contribution in [2.75, 3.05) is 67.0 Å². The Morgan fingerprint density at radius 3 is 1.39 bits per heavy atom. The summed E-state index contributed by atoms with van der Waals surface area (Å²) in [7, 11) is 3.32. The SMILES string of the molecule is COc1ccc(C(OCCOCCOCCOCCN)(c2ccccc2)c2ccc(OC)cc2)cc1. The average Bonchev–Trinajstić information content (AvgIpc) is 2.94. The second-order valence-electron chi connectivity index (χ2n) is 7.98. The predicted molar refractivity (Wildman–Crippen MR) is 140 cm³/mol. The van der Waals surface area contributed by atoms with Crippen molar-refractivity contribution in [2.45, 2.75) is 5.60 Å². The summed E-state index contributed by atoms with van der Waals surface area (Å²) in [6.07, 6.45) is 0. The third-order valence-corrected chi connectivity index (χ3v) is 5.73. The van der Waals surface area contributed by atoms with Crippen molar-refractivity contribution in [3.8, 4) is 11.5 Å². The summed E-state index contributed by atoms with van der Waals surface area (Å²) in [5.74, 6) is 1.57. The van der Waals surface area contributed by atoms with Crippen LogP contribution in [0.15, 0.2) is 78.9 Å². The third-order valence-electron chi connectivity index (χ3n) is 5.73. The van der Waals surface area contributed by atoms with Gasteiger partial charge in [0.2, 0.25) is 0 Å². The van der Waals surface area contributed by atoms with E-state index in [0.29, 0.717) is 52.8 Å². The zero-order valence-electron chi connectivity index (χ0n) is 21.2. The molecule has 0 saturated carbocycles. The van der Waals surface area contributed by atoms with E-state index in [1.807, 2.05) is 66.7 Å². The van der Waals surface area contributed by atoms with E-state index in [1.165, 1.54) is 0 Å². The van der Waals surface area contributed by atoms with Crippen molar-refractivity contribution in [3.05, 3.63) is 95.6 Å². The Balaban J connectivity index is 1.75. The van der Waals surface area contributed by atoms with E-state index in [0.717, 1.165) is 28.2 Å². The van der Waals surface area contributed by atoms with Crippen molar-refractivity contribution in [3.63, 3.8) is 0 Å². The summed E-state index contributed by atoms with van der Waals surface area (Å²) >= 11 is 0. The van der Waals surface area contributed by atoms with Gasteiger partial charge in [0.1, 0.15) is 17.1 Å². The Morgan fingerprint density at radius 1 is 0.528 bits per heavy atom. The summed E-state index contributed by atoms with van der Waals surface area (Å²) in [6, 6.07) is 26.2. The van der Waals surface area contributed by atoms with Gasteiger partial charge in [-0.15, -0.1) is 0 Å². The Bertz CT molecular complexity index is 931. The van der Waals surface area contributed by atoms with Crippen LogP contribution in [0.1, 0.15) is 16.7 Å². The highest BCUT2D eigenvalue weighted by Crippen LogP contribution is 2.41. The molecule has 3 rings (SSSR count). The van der Waals surface area contributed by atoms with Gasteiger partial charge in [0, 0.05) is 6.54 Å². The van der Waals surface area contributed by atoms with E-state index < -0.39 is 5.60 Å². The first-order valence-electron chi connectivity index (χ1n) is 12.2. The maximum Gasteiger partial charge on any atom is 0.143 e. The molecule has 0 atom stereocenters. The standard InChI is InChI=1S/C29H37NO6/c1-31-27-12-8-25(9-13-27)29(24-6-4-3-5-7-24,26-10-14-28(32-2)15-11-26)36-23-22-35-21-20-34-19-18-33-17-16-30/h3-15H,16-23,30H2,1-2H3. The molecule has 36 heavy (non-hydrogen) atoms. The summed E-state index contributed by atoms with van der Waals surface area (Å²) in [4.78, 5) is 0. The van der Waals surface area contributed by atoms with E-state index in [2.05, 4.69) is 12.1 Å². The van der Waals surface area contributed by atoms with Crippen LogP contribution in [0.5, 0.6) is 11.5 Å². The van der Waals surface area contributed by atoms with Gasteiger partial charge in [0.05, 0.1) is 60.5 Å². The van der Waals surface area contributed by atoms with Crippen molar-refractivity contribution in [1.29, 1.82) is 0 Å². The number of ether oxygens (including phenoxy) is 6. The highest BCUT2D eigenvalue weighted by Gasteiger charge is 2.37. The molecule has 0 bridgehead atoms. The first kappa shape index (κ1) is 27.6. The lowest BCUT2D eigenvalue weighted by molar-refractivity contribution is -0.0367. The van der Waals surface area contributed by atoms with E-state index in [9.17, 15) is 0 Å². The molecule has 0 aromatic heterocycles. The zero-order chi connectivity index (χ0) is 25.5. The number of hydrogen-bond acceptors (Lipinski definition) is 7. The van der Waals surface area contributed by atoms with Crippen LogP contribution in [-0.4, -0.2) is 67.0 Å². The molecular formula is C29H37NO6. The number of hydrogen-bond donors (Lipinski definition) is 1. The number of methoxy groups -OCH3 is 2. The van der Waals surface area contributed by atoms with Gasteiger partial charge in [-0.2, -0.15) is 0 Å². The third kappa shape index (κ3) is 7.53. The zero-order valence-corrected chi connectivity index (χ0v) is 21.2. The molecule has 194 valence electrons.